The Morgan fingerprint density at radius 2 is 2.00 bits per heavy atom. The second-order valence-electron chi connectivity index (χ2n) is 4.65. The standard InChI is InChI=1S/C16H15Cl2NOS/c1-11-5-6-15(14(18)7-11)19-16(20)10-21-9-12-3-2-4-13(17)8-12/h2-8H,9-10H2,1H3,(H,19,20). The second kappa shape index (κ2) is 7.74. The summed E-state index contributed by atoms with van der Waals surface area (Å²) in [5.74, 6) is 1.06. The quantitative estimate of drug-likeness (QED) is 0.813. The SMILES string of the molecule is Cc1ccc(NC(=O)CSCc2cccc(Cl)c2)c(Cl)c1. The monoisotopic (exact) mass is 339 g/mol. The van der Waals surface area contributed by atoms with Crippen molar-refractivity contribution < 1.29 is 4.79 Å². The lowest BCUT2D eigenvalue weighted by Gasteiger charge is -2.08. The fraction of sp³-hybridized carbons (Fsp3) is 0.188. The summed E-state index contributed by atoms with van der Waals surface area (Å²) in [5.41, 5.74) is 2.82. The van der Waals surface area contributed by atoms with Gasteiger partial charge in [-0.25, -0.2) is 0 Å². The van der Waals surface area contributed by atoms with Gasteiger partial charge in [0.05, 0.1) is 16.5 Å². The number of carbonyl (C=O) groups is 1. The Hall–Kier alpha value is -1.16. The molecule has 0 spiro atoms. The highest BCUT2D eigenvalue weighted by molar-refractivity contribution is 7.99. The first kappa shape index (κ1) is 16.2. The van der Waals surface area contributed by atoms with Crippen LogP contribution in [0, 0.1) is 6.92 Å². The van der Waals surface area contributed by atoms with Crippen molar-refractivity contribution in [1.82, 2.24) is 0 Å². The lowest BCUT2D eigenvalue weighted by atomic mass is 10.2. The van der Waals surface area contributed by atoms with Crippen molar-refractivity contribution >= 4 is 46.6 Å². The molecule has 5 heteroatoms. The maximum absolute atomic E-state index is 11.9. The van der Waals surface area contributed by atoms with Crippen molar-refractivity contribution in [3.05, 3.63) is 63.6 Å². The van der Waals surface area contributed by atoms with E-state index < -0.39 is 0 Å². The molecule has 0 heterocycles. The van der Waals surface area contributed by atoms with Crippen LogP contribution >= 0.6 is 35.0 Å². The molecule has 2 aromatic carbocycles. The normalized spacial score (nSPS) is 10.4. The van der Waals surface area contributed by atoms with E-state index in [1.54, 1.807) is 0 Å². The smallest absolute Gasteiger partial charge is 0.234 e. The third-order valence-electron chi connectivity index (χ3n) is 2.79. The molecular formula is C16H15Cl2NOS. The fourth-order valence-corrected chi connectivity index (χ4v) is 3.07. The van der Waals surface area contributed by atoms with Crippen molar-refractivity contribution in [3.8, 4) is 0 Å². The number of amides is 1. The third-order valence-corrected chi connectivity index (χ3v) is 4.34. The molecule has 0 atom stereocenters. The molecule has 1 N–H and O–H groups in total. The average molecular weight is 340 g/mol. The van der Waals surface area contributed by atoms with Crippen molar-refractivity contribution in [2.45, 2.75) is 12.7 Å². The van der Waals surface area contributed by atoms with E-state index in [1.165, 1.54) is 11.8 Å². The van der Waals surface area contributed by atoms with Gasteiger partial charge in [0.25, 0.3) is 0 Å². The van der Waals surface area contributed by atoms with Crippen molar-refractivity contribution in [2.24, 2.45) is 0 Å². The molecule has 21 heavy (non-hydrogen) atoms. The minimum Gasteiger partial charge on any atom is -0.324 e. The highest BCUT2D eigenvalue weighted by atomic mass is 35.5. The summed E-state index contributed by atoms with van der Waals surface area (Å²) >= 11 is 13.5. The molecule has 2 nitrogen and oxygen atoms in total. The summed E-state index contributed by atoms with van der Waals surface area (Å²) in [7, 11) is 0. The Kier molecular flexibility index (Phi) is 5.97. The highest BCUT2D eigenvalue weighted by Gasteiger charge is 2.06. The van der Waals surface area contributed by atoms with E-state index in [1.807, 2.05) is 49.4 Å². The predicted octanol–water partition coefficient (Wildman–Crippen LogP) is 5.17. The summed E-state index contributed by atoms with van der Waals surface area (Å²) in [6, 6.07) is 13.2. The van der Waals surface area contributed by atoms with Crippen molar-refractivity contribution in [2.75, 3.05) is 11.1 Å². The number of hydrogen-bond donors (Lipinski definition) is 1. The molecule has 0 saturated carbocycles. The third kappa shape index (κ3) is 5.27. The Morgan fingerprint density at radius 1 is 1.19 bits per heavy atom. The molecular weight excluding hydrogens is 325 g/mol. The van der Waals surface area contributed by atoms with E-state index >= 15 is 0 Å². The van der Waals surface area contributed by atoms with Gasteiger partial charge in [-0.2, -0.15) is 0 Å². The first-order valence-electron chi connectivity index (χ1n) is 6.43. The zero-order chi connectivity index (χ0) is 15.2. The molecule has 110 valence electrons. The Morgan fingerprint density at radius 3 is 2.71 bits per heavy atom. The van der Waals surface area contributed by atoms with Crippen LogP contribution in [0.25, 0.3) is 0 Å². The first-order valence-corrected chi connectivity index (χ1v) is 8.34. The maximum atomic E-state index is 11.9. The van der Waals surface area contributed by atoms with Gasteiger partial charge in [-0.1, -0.05) is 41.4 Å². The maximum Gasteiger partial charge on any atom is 0.234 e. The molecule has 2 aromatic rings. The van der Waals surface area contributed by atoms with E-state index in [4.69, 9.17) is 23.2 Å². The molecule has 2 rings (SSSR count). The number of aryl methyl sites for hydroxylation is 1. The summed E-state index contributed by atoms with van der Waals surface area (Å²) in [6.45, 7) is 1.96. The van der Waals surface area contributed by atoms with Gasteiger partial charge in [0, 0.05) is 10.8 Å². The van der Waals surface area contributed by atoms with Crippen LogP contribution in [0.1, 0.15) is 11.1 Å². The summed E-state index contributed by atoms with van der Waals surface area (Å²) in [4.78, 5) is 11.9. The van der Waals surface area contributed by atoms with Gasteiger partial charge in [0.2, 0.25) is 5.91 Å². The van der Waals surface area contributed by atoms with Gasteiger partial charge < -0.3 is 5.32 Å². The van der Waals surface area contributed by atoms with Crippen LogP contribution in [0.15, 0.2) is 42.5 Å². The van der Waals surface area contributed by atoms with E-state index in [2.05, 4.69) is 5.32 Å². The number of halogens is 2. The summed E-state index contributed by atoms with van der Waals surface area (Å²) in [6.07, 6.45) is 0. The van der Waals surface area contributed by atoms with Gasteiger partial charge in [-0.3, -0.25) is 4.79 Å². The average Bonchev–Trinajstić information content (AvgIpc) is 2.42. The van der Waals surface area contributed by atoms with Gasteiger partial charge >= 0.3 is 0 Å². The summed E-state index contributed by atoms with van der Waals surface area (Å²) < 4.78 is 0. The lowest BCUT2D eigenvalue weighted by Crippen LogP contribution is -2.14. The molecule has 0 aliphatic heterocycles. The Bertz CT molecular complexity index is 646. The molecule has 0 aromatic heterocycles. The van der Waals surface area contributed by atoms with Crippen molar-refractivity contribution in [1.29, 1.82) is 0 Å². The number of hydrogen-bond acceptors (Lipinski definition) is 2. The van der Waals surface area contributed by atoms with Crippen LogP contribution in [-0.2, 0) is 10.5 Å². The zero-order valence-electron chi connectivity index (χ0n) is 11.5. The van der Waals surface area contributed by atoms with Crippen LogP contribution in [0.3, 0.4) is 0 Å². The molecule has 0 unspecified atom stereocenters. The molecule has 0 bridgehead atoms. The number of benzene rings is 2. The van der Waals surface area contributed by atoms with E-state index in [0.29, 0.717) is 21.5 Å². The Labute approximate surface area is 138 Å². The second-order valence-corrected chi connectivity index (χ2v) is 6.48. The molecule has 1 amide bonds. The van der Waals surface area contributed by atoms with Crippen LogP contribution < -0.4 is 5.32 Å². The molecule has 0 aliphatic carbocycles. The van der Waals surface area contributed by atoms with Crippen LogP contribution in [0.5, 0.6) is 0 Å². The fourth-order valence-electron chi connectivity index (χ4n) is 1.80. The molecule has 0 aliphatic rings. The van der Waals surface area contributed by atoms with Crippen LogP contribution in [0.4, 0.5) is 5.69 Å². The summed E-state index contributed by atoms with van der Waals surface area (Å²) in [5, 5.41) is 4.09. The van der Waals surface area contributed by atoms with E-state index in [9.17, 15) is 4.79 Å². The predicted molar refractivity (Wildman–Crippen MR) is 92.4 cm³/mol. The minimum absolute atomic E-state index is 0.0622. The first-order chi connectivity index (χ1) is 10.0. The zero-order valence-corrected chi connectivity index (χ0v) is 13.9. The van der Waals surface area contributed by atoms with E-state index in [-0.39, 0.29) is 5.91 Å². The van der Waals surface area contributed by atoms with Crippen LogP contribution in [-0.4, -0.2) is 11.7 Å². The molecule has 0 radical (unpaired) electrons. The topological polar surface area (TPSA) is 29.1 Å². The lowest BCUT2D eigenvalue weighted by molar-refractivity contribution is -0.113. The minimum atomic E-state index is -0.0622. The number of nitrogens with one attached hydrogen (secondary N) is 1. The van der Waals surface area contributed by atoms with Crippen molar-refractivity contribution in [3.63, 3.8) is 0 Å². The number of rotatable bonds is 5. The van der Waals surface area contributed by atoms with Crippen LogP contribution in [0.2, 0.25) is 10.0 Å². The van der Waals surface area contributed by atoms with Gasteiger partial charge in [-0.15, -0.1) is 11.8 Å². The molecule has 0 fully saturated rings. The van der Waals surface area contributed by atoms with Gasteiger partial charge in [0.1, 0.15) is 0 Å². The number of thioether (sulfide) groups is 1. The van der Waals surface area contributed by atoms with E-state index in [0.717, 1.165) is 16.9 Å². The number of anilines is 1. The van der Waals surface area contributed by atoms with Gasteiger partial charge in [0.15, 0.2) is 0 Å². The Balaban J connectivity index is 1.82. The van der Waals surface area contributed by atoms with Gasteiger partial charge in [-0.05, 0) is 42.3 Å². The number of carbonyl (C=O) groups excluding carboxylic acids is 1. The largest absolute Gasteiger partial charge is 0.324 e. The molecule has 0 saturated heterocycles. The highest BCUT2D eigenvalue weighted by Crippen LogP contribution is 2.23.